The van der Waals surface area contributed by atoms with E-state index >= 15 is 0 Å². The van der Waals surface area contributed by atoms with Crippen molar-refractivity contribution in [3.05, 3.63) is 48.7 Å². The molecule has 116 valence electrons. The molecule has 0 N–H and O–H groups in total. The van der Waals surface area contributed by atoms with Crippen LogP contribution in [0.3, 0.4) is 0 Å². The highest BCUT2D eigenvalue weighted by Crippen LogP contribution is 2.37. The zero-order valence-corrected chi connectivity index (χ0v) is 14.0. The zero-order valence-electron chi connectivity index (χ0n) is 14.0. The van der Waals surface area contributed by atoms with Gasteiger partial charge in [0.15, 0.2) is 0 Å². The SMILES string of the molecule is CC1(C)OB(c2cccc3c2ccc2cccnc23)OC1(C)C. The molecule has 4 heteroatoms. The Morgan fingerprint density at radius 3 is 2.30 bits per heavy atom. The number of hydrogen-bond donors (Lipinski definition) is 0. The van der Waals surface area contributed by atoms with Crippen LogP contribution in [0.5, 0.6) is 0 Å². The summed E-state index contributed by atoms with van der Waals surface area (Å²) in [4.78, 5) is 4.55. The van der Waals surface area contributed by atoms with Crippen LogP contribution in [0.15, 0.2) is 48.7 Å². The summed E-state index contributed by atoms with van der Waals surface area (Å²) in [6.45, 7) is 8.31. The molecule has 23 heavy (non-hydrogen) atoms. The highest BCUT2D eigenvalue weighted by atomic mass is 16.7. The van der Waals surface area contributed by atoms with E-state index in [0.717, 1.165) is 27.1 Å². The lowest BCUT2D eigenvalue weighted by Gasteiger charge is -2.32. The fraction of sp³-hybridized carbons (Fsp3) is 0.316. The van der Waals surface area contributed by atoms with Crippen LogP contribution < -0.4 is 5.46 Å². The molecular weight excluding hydrogens is 285 g/mol. The quantitative estimate of drug-likeness (QED) is 0.507. The van der Waals surface area contributed by atoms with Crippen LogP contribution in [-0.2, 0) is 9.31 Å². The molecule has 0 aliphatic carbocycles. The van der Waals surface area contributed by atoms with Gasteiger partial charge in [0.1, 0.15) is 0 Å². The minimum Gasteiger partial charge on any atom is -0.399 e. The highest BCUT2D eigenvalue weighted by molar-refractivity contribution is 6.65. The molecule has 0 radical (unpaired) electrons. The Morgan fingerprint density at radius 1 is 0.826 bits per heavy atom. The minimum absolute atomic E-state index is 0.338. The van der Waals surface area contributed by atoms with Crippen molar-refractivity contribution in [1.82, 2.24) is 4.98 Å². The molecule has 0 spiro atoms. The van der Waals surface area contributed by atoms with Crippen LogP contribution in [0.25, 0.3) is 21.7 Å². The van der Waals surface area contributed by atoms with Crippen LogP contribution in [-0.4, -0.2) is 23.3 Å². The van der Waals surface area contributed by atoms with Crippen LogP contribution in [0.2, 0.25) is 0 Å². The van der Waals surface area contributed by atoms with Crippen molar-refractivity contribution in [1.29, 1.82) is 0 Å². The molecule has 3 aromatic rings. The maximum absolute atomic E-state index is 6.23. The van der Waals surface area contributed by atoms with Crippen molar-refractivity contribution >= 4 is 34.3 Å². The van der Waals surface area contributed by atoms with Crippen molar-refractivity contribution in [2.75, 3.05) is 0 Å². The molecule has 2 aromatic carbocycles. The van der Waals surface area contributed by atoms with E-state index in [-0.39, 0.29) is 18.3 Å². The molecule has 0 atom stereocenters. The number of rotatable bonds is 1. The number of hydrogen-bond acceptors (Lipinski definition) is 3. The first kappa shape index (κ1) is 14.7. The number of fused-ring (bicyclic) bond motifs is 3. The van der Waals surface area contributed by atoms with Gasteiger partial charge in [0, 0.05) is 17.0 Å². The first-order chi connectivity index (χ1) is 10.9. The largest absolute Gasteiger partial charge is 0.495 e. The maximum Gasteiger partial charge on any atom is 0.495 e. The van der Waals surface area contributed by atoms with E-state index in [2.05, 4.69) is 69.1 Å². The molecule has 0 unspecified atom stereocenters. The van der Waals surface area contributed by atoms with E-state index in [9.17, 15) is 0 Å². The van der Waals surface area contributed by atoms with Crippen LogP contribution >= 0.6 is 0 Å². The molecule has 1 fully saturated rings. The third-order valence-corrected chi connectivity index (χ3v) is 5.17. The van der Waals surface area contributed by atoms with Gasteiger partial charge in [0.2, 0.25) is 0 Å². The maximum atomic E-state index is 6.23. The van der Waals surface area contributed by atoms with Crippen molar-refractivity contribution in [2.45, 2.75) is 38.9 Å². The molecule has 1 aliphatic rings. The summed E-state index contributed by atoms with van der Waals surface area (Å²) in [6.07, 6.45) is 1.84. The van der Waals surface area contributed by atoms with Gasteiger partial charge in [0.05, 0.1) is 16.7 Å². The molecule has 1 aromatic heterocycles. The standard InChI is InChI=1S/C19H20BNO2/c1-18(2)19(3,4)23-20(22-18)16-9-5-8-15-14(16)11-10-13-7-6-12-21-17(13)15/h5-12H,1-4H3. The Balaban J connectivity index is 1.91. The summed E-state index contributed by atoms with van der Waals surface area (Å²) >= 11 is 0. The van der Waals surface area contributed by atoms with E-state index in [1.165, 1.54) is 0 Å². The monoisotopic (exact) mass is 305 g/mol. The Morgan fingerprint density at radius 2 is 1.57 bits per heavy atom. The molecule has 0 bridgehead atoms. The molecule has 3 nitrogen and oxygen atoms in total. The first-order valence-electron chi connectivity index (χ1n) is 8.01. The average Bonchev–Trinajstić information content (AvgIpc) is 2.74. The second-order valence-corrected chi connectivity index (χ2v) is 7.17. The smallest absolute Gasteiger partial charge is 0.399 e. The normalized spacial score (nSPS) is 19.6. The van der Waals surface area contributed by atoms with E-state index in [1.54, 1.807) is 0 Å². The van der Waals surface area contributed by atoms with Gasteiger partial charge >= 0.3 is 7.12 Å². The summed E-state index contributed by atoms with van der Waals surface area (Å²) in [5, 5.41) is 3.42. The molecule has 1 saturated heterocycles. The Labute approximate surface area is 136 Å². The summed E-state index contributed by atoms with van der Waals surface area (Å²) in [6, 6.07) is 14.5. The Bertz CT molecular complexity index is 888. The van der Waals surface area contributed by atoms with Gasteiger partial charge in [-0.15, -0.1) is 0 Å². The van der Waals surface area contributed by atoms with Gasteiger partial charge in [-0.2, -0.15) is 0 Å². The van der Waals surface area contributed by atoms with Crippen LogP contribution in [0.4, 0.5) is 0 Å². The minimum atomic E-state index is -0.357. The fourth-order valence-corrected chi connectivity index (χ4v) is 3.10. The molecule has 2 heterocycles. The fourth-order valence-electron chi connectivity index (χ4n) is 3.10. The van der Waals surface area contributed by atoms with Gasteiger partial charge in [-0.3, -0.25) is 4.98 Å². The second-order valence-electron chi connectivity index (χ2n) is 7.17. The Kier molecular flexibility index (Phi) is 3.06. The number of pyridine rings is 1. The lowest BCUT2D eigenvalue weighted by molar-refractivity contribution is 0.00578. The second kappa shape index (κ2) is 4.79. The summed E-state index contributed by atoms with van der Waals surface area (Å²) < 4.78 is 12.5. The lowest BCUT2D eigenvalue weighted by Crippen LogP contribution is -2.41. The number of aromatic nitrogens is 1. The average molecular weight is 305 g/mol. The predicted octanol–water partition coefficient (Wildman–Crippen LogP) is 3.69. The molecule has 0 amide bonds. The van der Waals surface area contributed by atoms with E-state index < -0.39 is 0 Å². The molecule has 0 saturated carbocycles. The third-order valence-electron chi connectivity index (χ3n) is 5.17. The zero-order chi connectivity index (χ0) is 16.2. The van der Waals surface area contributed by atoms with E-state index in [1.807, 2.05) is 12.3 Å². The molecule has 4 rings (SSSR count). The number of nitrogens with zero attached hydrogens (tertiary/aromatic N) is 1. The van der Waals surface area contributed by atoms with Crippen molar-refractivity contribution < 1.29 is 9.31 Å². The van der Waals surface area contributed by atoms with E-state index in [4.69, 9.17) is 9.31 Å². The van der Waals surface area contributed by atoms with Crippen LogP contribution in [0.1, 0.15) is 27.7 Å². The Hall–Kier alpha value is -1.91. The summed E-state index contributed by atoms with van der Waals surface area (Å²) in [5.74, 6) is 0. The topological polar surface area (TPSA) is 31.4 Å². The summed E-state index contributed by atoms with van der Waals surface area (Å²) in [5.41, 5.74) is 1.40. The third kappa shape index (κ3) is 2.17. The lowest BCUT2D eigenvalue weighted by atomic mass is 9.76. The van der Waals surface area contributed by atoms with Gasteiger partial charge < -0.3 is 9.31 Å². The van der Waals surface area contributed by atoms with Gasteiger partial charge in [-0.1, -0.05) is 36.4 Å². The van der Waals surface area contributed by atoms with Crippen molar-refractivity contribution in [2.24, 2.45) is 0 Å². The predicted molar refractivity (Wildman–Crippen MR) is 95.0 cm³/mol. The molecule has 1 aliphatic heterocycles. The van der Waals surface area contributed by atoms with Gasteiger partial charge in [-0.05, 0) is 44.6 Å². The first-order valence-corrected chi connectivity index (χ1v) is 8.01. The van der Waals surface area contributed by atoms with Gasteiger partial charge in [0.25, 0.3) is 0 Å². The molecular formula is C19H20BNO2. The highest BCUT2D eigenvalue weighted by Gasteiger charge is 2.52. The number of benzene rings is 2. The summed E-state index contributed by atoms with van der Waals surface area (Å²) in [7, 11) is -0.357. The van der Waals surface area contributed by atoms with Crippen molar-refractivity contribution in [3.63, 3.8) is 0 Å². The van der Waals surface area contributed by atoms with E-state index in [0.29, 0.717) is 0 Å². The van der Waals surface area contributed by atoms with Crippen LogP contribution in [0, 0.1) is 0 Å². The van der Waals surface area contributed by atoms with Gasteiger partial charge in [-0.25, -0.2) is 0 Å². The van der Waals surface area contributed by atoms with Crippen molar-refractivity contribution in [3.8, 4) is 0 Å².